The molecule has 0 aliphatic rings. The van der Waals surface area contributed by atoms with Crippen LogP contribution < -0.4 is 5.73 Å². The standard InChI is InChI=1S/C12H17ClFNO.ClH/c1-6(2)12(16)11(15)9-8(13)5-4-7(3)10(9)14;/h4-6,11-12,16H,15H2,1-3H3;1H/t11-,12+;/m1./s1. The second-order valence-corrected chi connectivity index (χ2v) is 4.76. The molecule has 0 aromatic heterocycles. The molecule has 0 saturated carbocycles. The van der Waals surface area contributed by atoms with Gasteiger partial charge < -0.3 is 10.8 Å². The maximum Gasteiger partial charge on any atom is 0.132 e. The molecular weight excluding hydrogens is 264 g/mol. The molecule has 0 aliphatic heterocycles. The van der Waals surface area contributed by atoms with E-state index >= 15 is 0 Å². The Labute approximate surface area is 112 Å². The Bertz CT molecular complexity index is 385. The van der Waals surface area contributed by atoms with E-state index in [1.165, 1.54) is 0 Å². The molecule has 3 N–H and O–H groups in total. The van der Waals surface area contributed by atoms with Crippen molar-refractivity contribution in [1.29, 1.82) is 0 Å². The summed E-state index contributed by atoms with van der Waals surface area (Å²) in [5.41, 5.74) is 6.51. The Morgan fingerprint density at radius 1 is 1.35 bits per heavy atom. The Morgan fingerprint density at radius 3 is 2.35 bits per heavy atom. The number of benzene rings is 1. The van der Waals surface area contributed by atoms with Crippen LogP contribution in [0.3, 0.4) is 0 Å². The highest BCUT2D eigenvalue weighted by atomic mass is 35.5. The van der Waals surface area contributed by atoms with Crippen LogP contribution in [-0.2, 0) is 0 Å². The summed E-state index contributed by atoms with van der Waals surface area (Å²) in [4.78, 5) is 0. The van der Waals surface area contributed by atoms with E-state index < -0.39 is 18.0 Å². The lowest BCUT2D eigenvalue weighted by atomic mass is 9.93. The second kappa shape index (κ2) is 6.55. The highest BCUT2D eigenvalue weighted by Crippen LogP contribution is 2.30. The van der Waals surface area contributed by atoms with Crippen molar-refractivity contribution in [2.45, 2.75) is 32.9 Å². The fourth-order valence-corrected chi connectivity index (χ4v) is 1.84. The van der Waals surface area contributed by atoms with Crippen LogP contribution in [0.2, 0.25) is 5.02 Å². The monoisotopic (exact) mass is 281 g/mol. The first kappa shape index (κ1) is 16.6. The Hall–Kier alpha value is -0.350. The van der Waals surface area contributed by atoms with Crippen molar-refractivity contribution >= 4 is 24.0 Å². The van der Waals surface area contributed by atoms with Gasteiger partial charge in [-0.2, -0.15) is 0 Å². The molecule has 0 bridgehead atoms. The predicted molar refractivity (Wildman–Crippen MR) is 71.2 cm³/mol. The number of hydrogen-bond acceptors (Lipinski definition) is 2. The maximum absolute atomic E-state index is 13.9. The van der Waals surface area contributed by atoms with Crippen LogP contribution in [-0.4, -0.2) is 11.2 Å². The zero-order valence-corrected chi connectivity index (χ0v) is 11.6. The van der Waals surface area contributed by atoms with E-state index in [1.54, 1.807) is 19.1 Å². The molecule has 1 aromatic carbocycles. The minimum Gasteiger partial charge on any atom is -0.391 e. The van der Waals surface area contributed by atoms with E-state index in [1.807, 2.05) is 13.8 Å². The second-order valence-electron chi connectivity index (χ2n) is 4.35. The van der Waals surface area contributed by atoms with Gasteiger partial charge in [0.05, 0.1) is 12.1 Å². The summed E-state index contributed by atoms with van der Waals surface area (Å²) >= 11 is 5.91. The van der Waals surface area contributed by atoms with Crippen molar-refractivity contribution < 1.29 is 9.50 Å². The van der Waals surface area contributed by atoms with Gasteiger partial charge in [-0.25, -0.2) is 4.39 Å². The van der Waals surface area contributed by atoms with Gasteiger partial charge in [-0.05, 0) is 24.5 Å². The SMILES string of the molecule is Cc1ccc(Cl)c([C@@H](N)[C@@H](O)C(C)C)c1F.Cl. The first-order valence-electron chi connectivity index (χ1n) is 5.24. The van der Waals surface area contributed by atoms with Crippen LogP contribution in [0.15, 0.2) is 12.1 Å². The Morgan fingerprint density at radius 2 is 1.88 bits per heavy atom. The number of nitrogens with two attached hydrogens (primary N) is 1. The zero-order chi connectivity index (χ0) is 12.5. The van der Waals surface area contributed by atoms with Crippen LogP contribution >= 0.6 is 24.0 Å². The predicted octanol–water partition coefficient (Wildman–Crippen LogP) is 3.23. The van der Waals surface area contributed by atoms with Crippen LogP contribution in [0.5, 0.6) is 0 Å². The zero-order valence-electron chi connectivity index (χ0n) is 10.1. The van der Waals surface area contributed by atoms with Gasteiger partial charge in [0.25, 0.3) is 0 Å². The van der Waals surface area contributed by atoms with Gasteiger partial charge in [-0.3, -0.25) is 0 Å². The molecule has 17 heavy (non-hydrogen) atoms. The van der Waals surface area contributed by atoms with Gasteiger partial charge in [-0.1, -0.05) is 31.5 Å². The highest BCUT2D eigenvalue weighted by Gasteiger charge is 2.25. The van der Waals surface area contributed by atoms with Crippen LogP contribution in [0.4, 0.5) is 4.39 Å². The van der Waals surface area contributed by atoms with Crippen molar-refractivity contribution in [2.24, 2.45) is 11.7 Å². The molecule has 0 radical (unpaired) electrons. The van der Waals surface area contributed by atoms with Crippen molar-refractivity contribution in [2.75, 3.05) is 0 Å². The van der Waals surface area contributed by atoms with Gasteiger partial charge in [0.2, 0.25) is 0 Å². The fraction of sp³-hybridized carbons (Fsp3) is 0.500. The van der Waals surface area contributed by atoms with Gasteiger partial charge in [0.15, 0.2) is 0 Å². The average Bonchev–Trinajstić information content (AvgIpc) is 2.22. The first-order valence-corrected chi connectivity index (χ1v) is 5.62. The molecule has 0 fully saturated rings. The van der Waals surface area contributed by atoms with Crippen molar-refractivity contribution in [3.63, 3.8) is 0 Å². The minimum atomic E-state index is -0.811. The molecule has 1 rings (SSSR count). The Kier molecular flexibility index (Phi) is 6.41. The molecular formula is C12H18Cl2FNO. The molecule has 2 nitrogen and oxygen atoms in total. The van der Waals surface area contributed by atoms with Crippen molar-refractivity contribution in [3.05, 3.63) is 34.1 Å². The molecule has 98 valence electrons. The van der Waals surface area contributed by atoms with Crippen molar-refractivity contribution in [1.82, 2.24) is 0 Å². The smallest absolute Gasteiger partial charge is 0.132 e. The third-order valence-electron chi connectivity index (χ3n) is 2.70. The number of aliphatic hydroxyl groups excluding tert-OH is 1. The van der Waals surface area contributed by atoms with E-state index in [0.717, 1.165) is 0 Å². The molecule has 0 heterocycles. The average molecular weight is 282 g/mol. The highest BCUT2D eigenvalue weighted by molar-refractivity contribution is 6.31. The lowest BCUT2D eigenvalue weighted by Gasteiger charge is -2.24. The molecule has 0 saturated heterocycles. The first-order chi connectivity index (χ1) is 7.36. The van der Waals surface area contributed by atoms with Crippen molar-refractivity contribution in [3.8, 4) is 0 Å². The molecule has 2 atom stereocenters. The summed E-state index contributed by atoms with van der Waals surface area (Å²) in [5, 5.41) is 10.1. The van der Waals surface area contributed by atoms with Gasteiger partial charge >= 0.3 is 0 Å². The molecule has 1 aromatic rings. The summed E-state index contributed by atoms with van der Waals surface area (Å²) in [6, 6.07) is 2.39. The number of hydrogen-bond donors (Lipinski definition) is 2. The molecule has 0 spiro atoms. The third-order valence-corrected chi connectivity index (χ3v) is 3.03. The van der Waals surface area contributed by atoms with E-state index in [4.69, 9.17) is 17.3 Å². The van der Waals surface area contributed by atoms with Gasteiger partial charge in [0, 0.05) is 10.6 Å². The van der Waals surface area contributed by atoms with Crippen LogP contribution in [0.1, 0.15) is 31.0 Å². The summed E-state index contributed by atoms with van der Waals surface area (Å²) in [5.74, 6) is -0.481. The lowest BCUT2D eigenvalue weighted by molar-refractivity contribution is 0.0966. The van der Waals surface area contributed by atoms with E-state index in [-0.39, 0.29) is 28.9 Å². The normalized spacial score (nSPS) is 14.4. The summed E-state index contributed by atoms with van der Waals surface area (Å²) in [7, 11) is 0. The largest absolute Gasteiger partial charge is 0.391 e. The Balaban J connectivity index is 0.00000256. The minimum absolute atomic E-state index is 0. The number of rotatable bonds is 3. The fourth-order valence-electron chi connectivity index (χ4n) is 1.57. The number of halogens is 3. The van der Waals surface area contributed by atoms with E-state index in [2.05, 4.69) is 0 Å². The summed E-state index contributed by atoms with van der Waals surface area (Å²) < 4.78 is 13.9. The van der Waals surface area contributed by atoms with Gasteiger partial charge in [-0.15, -0.1) is 12.4 Å². The van der Waals surface area contributed by atoms with E-state index in [0.29, 0.717) is 5.56 Å². The molecule has 0 unspecified atom stereocenters. The molecule has 5 heteroatoms. The van der Waals surface area contributed by atoms with Crippen LogP contribution in [0, 0.1) is 18.7 Å². The maximum atomic E-state index is 13.9. The number of aryl methyl sites for hydroxylation is 1. The third kappa shape index (κ3) is 3.55. The quantitative estimate of drug-likeness (QED) is 0.894. The topological polar surface area (TPSA) is 46.2 Å². The summed E-state index contributed by atoms with van der Waals surface area (Å²) in [6.45, 7) is 5.29. The van der Waals surface area contributed by atoms with E-state index in [9.17, 15) is 9.50 Å². The molecule has 0 amide bonds. The van der Waals surface area contributed by atoms with Gasteiger partial charge in [0.1, 0.15) is 5.82 Å². The number of aliphatic hydroxyl groups is 1. The van der Waals surface area contributed by atoms with Crippen LogP contribution in [0.25, 0.3) is 0 Å². The lowest BCUT2D eigenvalue weighted by Crippen LogP contribution is -2.31. The summed E-state index contributed by atoms with van der Waals surface area (Å²) in [6.07, 6.45) is -0.811. The molecule has 0 aliphatic carbocycles.